The molecule has 0 aromatic carbocycles. The topological polar surface area (TPSA) is 98.8 Å². The van der Waals surface area contributed by atoms with Gasteiger partial charge in [0.05, 0.1) is 0 Å². The van der Waals surface area contributed by atoms with Crippen molar-refractivity contribution in [2.75, 3.05) is 26.7 Å². The Morgan fingerprint density at radius 3 is 2.43 bits per heavy atom. The Morgan fingerprint density at radius 1 is 1.30 bits per heavy atom. The van der Waals surface area contributed by atoms with Gasteiger partial charge in [-0.1, -0.05) is 18.7 Å². The minimum absolute atomic E-state index is 0.0873. The van der Waals surface area contributed by atoms with E-state index in [1.807, 2.05) is 0 Å². The molecule has 1 aliphatic rings. The zero-order valence-electron chi connectivity index (χ0n) is 13.6. The number of nitrogens with zero attached hydrogens (tertiary/aromatic N) is 2. The Balaban J connectivity index is 2.91. The number of hydrogen-bond acceptors (Lipinski definition) is 4. The van der Waals surface area contributed by atoms with Crippen LogP contribution in [-0.4, -0.2) is 66.3 Å². The highest BCUT2D eigenvalue weighted by molar-refractivity contribution is 6.38. The molecule has 0 saturated carbocycles. The molecule has 5 amide bonds. The van der Waals surface area contributed by atoms with Crippen molar-refractivity contribution in [3.8, 4) is 0 Å². The molecule has 1 aliphatic heterocycles. The average molecular weight is 322 g/mol. The Bertz CT molecular complexity index is 556. The highest BCUT2D eigenvalue weighted by Gasteiger charge is 2.36. The first-order chi connectivity index (χ1) is 10.9. The van der Waals surface area contributed by atoms with E-state index in [1.165, 1.54) is 18.0 Å². The molecule has 0 aromatic rings. The van der Waals surface area contributed by atoms with Crippen LogP contribution >= 0.6 is 0 Å². The summed E-state index contributed by atoms with van der Waals surface area (Å²) >= 11 is 0. The van der Waals surface area contributed by atoms with Crippen LogP contribution in [0.4, 0.5) is 4.79 Å². The van der Waals surface area contributed by atoms with E-state index in [4.69, 9.17) is 0 Å². The smallest absolute Gasteiger partial charge is 0.325 e. The van der Waals surface area contributed by atoms with Crippen LogP contribution in [0.5, 0.6) is 0 Å². The molecule has 8 heteroatoms. The van der Waals surface area contributed by atoms with Crippen molar-refractivity contribution in [2.24, 2.45) is 0 Å². The summed E-state index contributed by atoms with van der Waals surface area (Å²) in [6, 6.07) is -1.77. The quantitative estimate of drug-likeness (QED) is 0.533. The normalized spacial score (nSPS) is 16.9. The number of nitrogens with one attached hydrogen (secondary N) is 2. The van der Waals surface area contributed by atoms with Crippen LogP contribution in [0.15, 0.2) is 24.3 Å². The lowest BCUT2D eigenvalue weighted by atomic mass is 10.1. The van der Waals surface area contributed by atoms with Gasteiger partial charge in [0.15, 0.2) is 0 Å². The second-order valence-corrected chi connectivity index (χ2v) is 4.83. The van der Waals surface area contributed by atoms with E-state index in [-0.39, 0.29) is 13.1 Å². The van der Waals surface area contributed by atoms with Crippen LogP contribution in [0.25, 0.3) is 0 Å². The average Bonchev–Trinajstić information content (AvgIpc) is 2.56. The lowest BCUT2D eigenvalue weighted by Crippen LogP contribution is -2.60. The predicted molar refractivity (Wildman–Crippen MR) is 84.3 cm³/mol. The molecule has 23 heavy (non-hydrogen) atoms. The standard InChI is InChI=1S/C15H22N4O4/c1-5-10(6-2)11(12(20)16-4)17-15(23)19-9-8-18(7-3)13(21)14(19)22/h5-6,11H,1,7-9H2,2-4H3,(H,16,20)(H,17,23)/b10-6+. The fourth-order valence-corrected chi connectivity index (χ4v) is 2.22. The van der Waals surface area contributed by atoms with E-state index in [0.717, 1.165) is 4.90 Å². The van der Waals surface area contributed by atoms with Gasteiger partial charge in [0.25, 0.3) is 0 Å². The van der Waals surface area contributed by atoms with Gasteiger partial charge in [-0.25, -0.2) is 4.79 Å². The number of carbonyl (C=O) groups excluding carboxylic acids is 4. The Labute approximate surface area is 135 Å². The zero-order valence-corrected chi connectivity index (χ0v) is 13.6. The molecule has 1 saturated heterocycles. The van der Waals surface area contributed by atoms with Crippen molar-refractivity contribution >= 4 is 23.8 Å². The summed E-state index contributed by atoms with van der Waals surface area (Å²) in [7, 11) is 1.44. The third-order valence-corrected chi connectivity index (χ3v) is 3.61. The maximum Gasteiger partial charge on any atom is 0.325 e. The molecule has 1 unspecified atom stereocenters. The summed E-state index contributed by atoms with van der Waals surface area (Å²) in [5.74, 6) is -2.07. The largest absolute Gasteiger partial charge is 0.357 e. The Hall–Kier alpha value is -2.64. The SMILES string of the molecule is C=C/C(=C\C)C(NC(=O)N1CCN(CC)C(=O)C1=O)C(=O)NC. The van der Waals surface area contributed by atoms with Crippen LogP contribution in [0.3, 0.4) is 0 Å². The van der Waals surface area contributed by atoms with Gasteiger partial charge in [-0.05, 0) is 19.4 Å². The van der Waals surface area contributed by atoms with Crippen LogP contribution in [-0.2, 0) is 14.4 Å². The summed E-state index contributed by atoms with van der Waals surface area (Å²) in [5, 5.41) is 4.90. The third kappa shape index (κ3) is 3.97. The molecule has 0 radical (unpaired) electrons. The number of rotatable bonds is 5. The predicted octanol–water partition coefficient (Wildman–Crippen LogP) is -0.366. The molecule has 0 spiro atoms. The van der Waals surface area contributed by atoms with Crippen LogP contribution in [0.1, 0.15) is 13.8 Å². The molecule has 8 nitrogen and oxygen atoms in total. The molecule has 126 valence electrons. The van der Waals surface area contributed by atoms with Crippen molar-refractivity contribution in [3.63, 3.8) is 0 Å². The number of allylic oxidation sites excluding steroid dienone is 1. The molecule has 0 aromatic heterocycles. The van der Waals surface area contributed by atoms with Crippen LogP contribution in [0, 0.1) is 0 Å². The Kier molecular flexibility index (Phi) is 6.49. The second-order valence-electron chi connectivity index (χ2n) is 4.83. The first-order valence-corrected chi connectivity index (χ1v) is 7.32. The second kappa shape index (κ2) is 8.11. The van der Waals surface area contributed by atoms with Crippen LogP contribution < -0.4 is 10.6 Å². The van der Waals surface area contributed by atoms with Crippen molar-refractivity contribution in [3.05, 3.63) is 24.3 Å². The summed E-state index contributed by atoms with van der Waals surface area (Å²) in [5.41, 5.74) is 0.490. The monoisotopic (exact) mass is 322 g/mol. The van der Waals surface area contributed by atoms with Gasteiger partial charge in [0, 0.05) is 26.7 Å². The number of amides is 5. The number of urea groups is 1. The molecule has 1 atom stereocenters. The third-order valence-electron chi connectivity index (χ3n) is 3.61. The molecule has 2 N–H and O–H groups in total. The molecular formula is C15H22N4O4. The highest BCUT2D eigenvalue weighted by Crippen LogP contribution is 2.09. The molecular weight excluding hydrogens is 300 g/mol. The van der Waals surface area contributed by atoms with Gasteiger partial charge in [0.2, 0.25) is 5.91 Å². The molecule has 0 aliphatic carbocycles. The van der Waals surface area contributed by atoms with E-state index in [2.05, 4.69) is 17.2 Å². The fourth-order valence-electron chi connectivity index (χ4n) is 2.22. The van der Waals surface area contributed by atoms with E-state index >= 15 is 0 Å². The number of piperazine rings is 1. The highest BCUT2D eigenvalue weighted by atomic mass is 16.2. The molecule has 1 fully saturated rings. The fraction of sp³-hybridized carbons (Fsp3) is 0.467. The zero-order chi connectivity index (χ0) is 17.6. The maximum atomic E-state index is 12.3. The minimum Gasteiger partial charge on any atom is -0.357 e. The van der Waals surface area contributed by atoms with Crippen molar-refractivity contribution in [2.45, 2.75) is 19.9 Å². The summed E-state index contributed by atoms with van der Waals surface area (Å²) in [6.45, 7) is 7.82. The Morgan fingerprint density at radius 2 is 1.96 bits per heavy atom. The summed E-state index contributed by atoms with van der Waals surface area (Å²) in [6.07, 6.45) is 3.08. The minimum atomic E-state index is -0.984. The summed E-state index contributed by atoms with van der Waals surface area (Å²) in [4.78, 5) is 50.3. The van der Waals surface area contributed by atoms with Gasteiger partial charge < -0.3 is 15.5 Å². The van der Waals surface area contributed by atoms with E-state index in [0.29, 0.717) is 12.1 Å². The number of hydrogen-bond donors (Lipinski definition) is 2. The molecule has 0 bridgehead atoms. The van der Waals surface area contributed by atoms with Gasteiger partial charge in [-0.3, -0.25) is 19.3 Å². The maximum absolute atomic E-state index is 12.3. The van der Waals surface area contributed by atoms with Gasteiger partial charge in [0.1, 0.15) is 6.04 Å². The van der Waals surface area contributed by atoms with Gasteiger partial charge in [-0.15, -0.1) is 0 Å². The molecule has 1 heterocycles. The first kappa shape index (κ1) is 18.4. The van der Waals surface area contributed by atoms with Crippen LogP contribution in [0.2, 0.25) is 0 Å². The number of carbonyl (C=O) groups is 4. The van der Waals surface area contributed by atoms with E-state index < -0.39 is 29.8 Å². The number of likely N-dealkylation sites (N-methyl/N-ethyl adjacent to an activating group) is 2. The summed E-state index contributed by atoms with van der Waals surface area (Å²) < 4.78 is 0. The lowest BCUT2D eigenvalue weighted by molar-refractivity contribution is -0.153. The van der Waals surface area contributed by atoms with Gasteiger partial charge >= 0.3 is 17.8 Å². The van der Waals surface area contributed by atoms with E-state index in [9.17, 15) is 19.2 Å². The van der Waals surface area contributed by atoms with Gasteiger partial charge in [-0.2, -0.15) is 0 Å². The van der Waals surface area contributed by atoms with E-state index in [1.54, 1.807) is 19.9 Å². The van der Waals surface area contributed by atoms with Crippen molar-refractivity contribution < 1.29 is 19.2 Å². The van der Waals surface area contributed by atoms with Crippen molar-refractivity contribution in [1.82, 2.24) is 20.4 Å². The lowest BCUT2D eigenvalue weighted by Gasteiger charge is -2.32. The molecule has 1 rings (SSSR count). The number of imide groups is 1. The first-order valence-electron chi connectivity index (χ1n) is 7.32. The van der Waals surface area contributed by atoms with Crippen molar-refractivity contribution in [1.29, 1.82) is 0 Å².